The van der Waals surface area contributed by atoms with Gasteiger partial charge >= 0.3 is 0 Å². The number of thiophene rings is 1. The van der Waals surface area contributed by atoms with Crippen molar-refractivity contribution in [3.05, 3.63) is 48.5 Å². The van der Waals surface area contributed by atoms with E-state index in [0.717, 1.165) is 30.0 Å². The molecular weight excluding hydrogens is 392 g/mol. The number of benzene rings is 1. The number of halogens is 2. The summed E-state index contributed by atoms with van der Waals surface area (Å²) in [5.74, 6) is 6.58. The van der Waals surface area contributed by atoms with E-state index >= 15 is 0 Å². The van der Waals surface area contributed by atoms with Gasteiger partial charge in [0, 0.05) is 9.35 Å². The first-order chi connectivity index (χ1) is 9.06. The van der Waals surface area contributed by atoms with E-state index in [1.165, 1.54) is 0 Å². The number of hydrogen-bond donors (Lipinski definition) is 2. The molecule has 0 fully saturated rings. The number of hydrazine groups is 1. The van der Waals surface area contributed by atoms with E-state index in [2.05, 4.69) is 50.3 Å². The zero-order valence-corrected chi connectivity index (χ0v) is 14.5. The van der Waals surface area contributed by atoms with Crippen LogP contribution in [-0.2, 0) is 0 Å². The van der Waals surface area contributed by atoms with Crippen LogP contribution in [0.25, 0.3) is 0 Å². The molecule has 1 aromatic carbocycles. The van der Waals surface area contributed by atoms with Crippen molar-refractivity contribution in [2.24, 2.45) is 5.84 Å². The minimum atomic E-state index is -0.0292. The highest BCUT2D eigenvalue weighted by molar-refractivity contribution is 9.13. The molecule has 0 aliphatic carbocycles. The summed E-state index contributed by atoms with van der Waals surface area (Å²) >= 11 is 8.67. The van der Waals surface area contributed by atoms with E-state index in [-0.39, 0.29) is 6.04 Å². The van der Waals surface area contributed by atoms with Gasteiger partial charge in [-0.3, -0.25) is 5.84 Å². The molecule has 0 aliphatic heterocycles. The van der Waals surface area contributed by atoms with Gasteiger partial charge in [-0.05, 0) is 68.1 Å². The predicted octanol–water partition coefficient (Wildman–Crippen LogP) is 4.14. The molecule has 102 valence electrons. The SMILES string of the molecule is COc1ccc(C(NN)c2cc(Br)c(Br)s2)c(C)c1. The van der Waals surface area contributed by atoms with Crippen LogP contribution in [0.4, 0.5) is 0 Å². The lowest BCUT2D eigenvalue weighted by Crippen LogP contribution is -2.28. The molecule has 2 aromatic rings. The van der Waals surface area contributed by atoms with E-state index in [1.54, 1.807) is 18.4 Å². The monoisotopic (exact) mass is 404 g/mol. The highest BCUT2D eigenvalue weighted by Gasteiger charge is 2.18. The van der Waals surface area contributed by atoms with Crippen LogP contribution in [0.2, 0.25) is 0 Å². The third-order valence-electron chi connectivity index (χ3n) is 2.90. The molecule has 0 aliphatic rings. The largest absolute Gasteiger partial charge is 0.497 e. The van der Waals surface area contributed by atoms with E-state index in [4.69, 9.17) is 10.6 Å². The maximum atomic E-state index is 5.73. The summed E-state index contributed by atoms with van der Waals surface area (Å²) in [6.45, 7) is 2.06. The van der Waals surface area contributed by atoms with Crippen molar-refractivity contribution in [1.82, 2.24) is 5.43 Å². The molecule has 2 rings (SSSR count). The number of ether oxygens (including phenoxy) is 1. The molecule has 0 bridgehead atoms. The minimum absolute atomic E-state index is 0.0292. The van der Waals surface area contributed by atoms with E-state index < -0.39 is 0 Å². The summed E-state index contributed by atoms with van der Waals surface area (Å²) in [7, 11) is 1.67. The topological polar surface area (TPSA) is 47.3 Å². The van der Waals surface area contributed by atoms with Crippen molar-refractivity contribution in [1.29, 1.82) is 0 Å². The quantitative estimate of drug-likeness (QED) is 0.593. The fraction of sp³-hybridized carbons (Fsp3) is 0.231. The molecular formula is C13H14Br2N2OS. The lowest BCUT2D eigenvalue weighted by Gasteiger charge is -2.17. The van der Waals surface area contributed by atoms with Crippen LogP contribution in [0.1, 0.15) is 22.0 Å². The highest BCUT2D eigenvalue weighted by Crippen LogP contribution is 2.38. The van der Waals surface area contributed by atoms with Gasteiger partial charge in [0.15, 0.2) is 0 Å². The van der Waals surface area contributed by atoms with Crippen molar-refractivity contribution >= 4 is 43.2 Å². The standard InChI is InChI=1S/C13H14Br2N2OS/c1-7-5-8(18-2)3-4-9(7)12(17-16)11-6-10(14)13(15)19-11/h3-6,12,17H,16H2,1-2H3. The average Bonchev–Trinajstić information content (AvgIpc) is 2.72. The maximum absolute atomic E-state index is 5.73. The second-order valence-corrected chi connectivity index (χ2v) is 7.35. The number of aryl methyl sites for hydroxylation is 1. The van der Waals surface area contributed by atoms with Gasteiger partial charge in [0.25, 0.3) is 0 Å². The predicted molar refractivity (Wildman–Crippen MR) is 86.6 cm³/mol. The van der Waals surface area contributed by atoms with Crippen molar-refractivity contribution < 1.29 is 4.74 Å². The van der Waals surface area contributed by atoms with Crippen molar-refractivity contribution in [2.45, 2.75) is 13.0 Å². The zero-order chi connectivity index (χ0) is 14.0. The van der Waals surface area contributed by atoms with Gasteiger partial charge in [0.2, 0.25) is 0 Å². The molecule has 0 radical (unpaired) electrons. The van der Waals surface area contributed by atoms with Crippen LogP contribution in [0.15, 0.2) is 32.5 Å². The second-order valence-electron chi connectivity index (χ2n) is 4.09. The second kappa shape index (κ2) is 6.37. The summed E-state index contributed by atoms with van der Waals surface area (Å²) in [5.41, 5.74) is 5.17. The Labute approximate surface area is 133 Å². The number of nitrogens with two attached hydrogens (primary N) is 1. The number of nitrogens with one attached hydrogen (secondary N) is 1. The fourth-order valence-corrected chi connectivity index (χ4v) is 4.10. The number of rotatable bonds is 4. The van der Waals surface area contributed by atoms with Gasteiger partial charge in [-0.1, -0.05) is 6.07 Å². The fourth-order valence-electron chi connectivity index (χ4n) is 1.93. The summed E-state index contributed by atoms with van der Waals surface area (Å²) < 4.78 is 7.33. The van der Waals surface area contributed by atoms with Gasteiger partial charge in [0.1, 0.15) is 5.75 Å². The summed E-state index contributed by atoms with van der Waals surface area (Å²) in [6, 6.07) is 8.05. The van der Waals surface area contributed by atoms with Crippen molar-refractivity contribution in [2.75, 3.05) is 7.11 Å². The molecule has 0 saturated carbocycles. The van der Waals surface area contributed by atoms with Crippen LogP contribution < -0.4 is 16.0 Å². The Hall–Kier alpha value is -0.400. The Bertz CT molecular complexity index is 567. The van der Waals surface area contributed by atoms with E-state index in [9.17, 15) is 0 Å². The maximum Gasteiger partial charge on any atom is 0.119 e. The van der Waals surface area contributed by atoms with Crippen LogP contribution in [0.3, 0.4) is 0 Å². The van der Waals surface area contributed by atoms with Crippen LogP contribution in [-0.4, -0.2) is 7.11 Å². The molecule has 1 heterocycles. The Morgan fingerprint density at radius 2 is 2.05 bits per heavy atom. The molecule has 1 aromatic heterocycles. The number of hydrogen-bond acceptors (Lipinski definition) is 4. The Kier molecular flexibility index (Phi) is 5.03. The average molecular weight is 406 g/mol. The molecule has 19 heavy (non-hydrogen) atoms. The zero-order valence-electron chi connectivity index (χ0n) is 10.5. The Morgan fingerprint density at radius 1 is 1.32 bits per heavy atom. The molecule has 0 amide bonds. The molecule has 0 saturated heterocycles. The van der Waals surface area contributed by atoms with Crippen molar-refractivity contribution in [3.63, 3.8) is 0 Å². The third-order valence-corrected chi connectivity index (χ3v) is 6.22. The van der Waals surface area contributed by atoms with Crippen LogP contribution in [0.5, 0.6) is 5.75 Å². The molecule has 1 unspecified atom stereocenters. The van der Waals surface area contributed by atoms with Gasteiger partial charge in [-0.15, -0.1) is 11.3 Å². The molecule has 3 N–H and O–H groups in total. The van der Waals surface area contributed by atoms with Crippen LogP contribution >= 0.6 is 43.2 Å². The summed E-state index contributed by atoms with van der Waals surface area (Å²) in [4.78, 5) is 1.15. The first-order valence-corrected chi connectivity index (χ1v) is 8.02. The van der Waals surface area contributed by atoms with Gasteiger partial charge in [-0.25, -0.2) is 5.43 Å². The van der Waals surface area contributed by atoms with Gasteiger partial charge in [0.05, 0.1) is 16.9 Å². The summed E-state index contributed by atoms with van der Waals surface area (Å²) in [5, 5.41) is 0. The number of methoxy groups -OCH3 is 1. The lowest BCUT2D eigenvalue weighted by atomic mass is 10.0. The Morgan fingerprint density at radius 3 is 2.53 bits per heavy atom. The highest BCUT2D eigenvalue weighted by atomic mass is 79.9. The molecule has 3 nitrogen and oxygen atoms in total. The first kappa shape index (κ1) is 15.0. The lowest BCUT2D eigenvalue weighted by molar-refractivity contribution is 0.414. The summed E-state index contributed by atoms with van der Waals surface area (Å²) in [6.07, 6.45) is 0. The van der Waals surface area contributed by atoms with Crippen molar-refractivity contribution in [3.8, 4) is 5.75 Å². The van der Waals surface area contributed by atoms with Crippen LogP contribution in [0, 0.1) is 6.92 Å². The molecule has 6 heteroatoms. The van der Waals surface area contributed by atoms with Gasteiger partial charge in [-0.2, -0.15) is 0 Å². The Balaban J connectivity index is 2.42. The normalized spacial score (nSPS) is 12.5. The van der Waals surface area contributed by atoms with E-state index in [0.29, 0.717) is 0 Å². The van der Waals surface area contributed by atoms with Gasteiger partial charge < -0.3 is 4.74 Å². The first-order valence-electron chi connectivity index (χ1n) is 5.62. The third kappa shape index (κ3) is 3.20. The smallest absolute Gasteiger partial charge is 0.119 e. The molecule has 0 spiro atoms. The van der Waals surface area contributed by atoms with E-state index in [1.807, 2.05) is 18.2 Å². The molecule has 1 atom stereocenters. The minimum Gasteiger partial charge on any atom is -0.497 e.